The molecule has 402 valence electrons. The van der Waals surface area contributed by atoms with Gasteiger partial charge in [-0.25, -0.2) is 4.79 Å². The fraction of sp³-hybridized carbons (Fsp3) is 0.915. The van der Waals surface area contributed by atoms with E-state index in [-0.39, 0.29) is 38.2 Å². The first-order chi connectivity index (χ1) is 33.1. The molecule has 0 saturated heterocycles. The summed E-state index contributed by atoms with van der Waals surface area (Å²) < 4.78 is 22.8. The van der Waals surface area contributed by atoms with Crippen LogP contribution in [0.5, 0.6) is 0 Å². The van der Waals surface area contributed by atoms with Gasteiger partial charge in [-0.05, 0) is 38.5 Å². The number of carbonyl (C=O) groups is 3. The number of carboxylic acids is 1. The Kier molecular flexibility index (Phi) is 49.9. The highest BCUT2D eigenvalue weighted by molar-refractivity contribution is 5.71. The second kappa shape index (κ2) is 51.4. The van der Waals surface area contributed by atoms with Gasteiger partial charge >= 0.3 is 17.9 Å². The summed E-state index contributed by atoms with van der Waals surface area (Å²) in [5.74, 6) is -1.98. The van der Waals surface area contributed by atoms with Crippen molar-refractivity contribution in [2.45, 2.75) is 302 Å². The SMILES string of the molecule is CCCCCCCCCC/C=C\CCCCCCCCCCCCCCCCCCCCCC(=O)OC(COC(=O)CCCCCCCCCCCCCC)COC(OCC[N+](C)(C)C)C(=O)O. The number of quaternary nitrogens is 1. The molecule has 0 aromatic rings. The fourth-order valence-electron chi connectivity index (χ4n) is 8.72. The molecule has 68 heavy (non-hydrogen) atoms. The number of rotatable bonds is 55. The summed E-state index contributed by atoms with van der Waals surface area (Å²) in [5, 5.41) is 9.68. The van der Waals surface area contributed by atoms with E-state index in [1.165, 1.54) is 225 Å². The van der Waals surface area contributed by atoms with Gasteiger partial charge in [0, 0.05) is 12.8 Å². The first kappa shape index (κ1) is 66.0. The van der Waals surface area contributed by atoms with Gasteiger partial charge in [0.2, 0.25) is 0 Å². The average molecular weight is 966 g/mol. The van der Waals surface area contributed by atoms with Crippen molar-refractivity contribution >= 4 is 17.9 Å². The molecule has 9 heteroatoms. The Morgan fingerprint density at radius 1 is 0.426 bits per heavy atom. The predicted octanol–water partition coefficient (Wildman–Crippen LogP) is 17.0. The van der Waals surface area contributed by atoms with Crippen LogP contribution in [-0.2, 0) is 33.3 Å². The molecule has 2 atom stereocenters. The quantitative estimate of drug-likeness (QED) is 0.0211. The number of carbonyl (C=O) groups excluding carboxylic acids is 2. The molecule has 0 aliphatic heterocycles. The first-order valence-electron chi connectivity index (χ1n) is 29.4. The first-order valence-corrected chi connectivity index (χ1v) is 29.4. The van der Waals surface area contributed by atoms with Crippen LogP contribution in [-0.4, -0.2) is 87.4 Å². The standard InChI is InChI=1S/C59H113NO8/c1-6-8-10-12-14-16-18-20-21-22-23-24-25-26-27-28-29-30-31-32-33-34-35-36-37-38-40-42-44-46-48-50-57(62)68-55(54-67-59(58(63)64)65-52-51-60(3,4)5)53-66-56(61)49-47-45-43-41-39-19-17-15-13-11-9-7-2/h22-23,55,59H,6-21,24-54H2,1-5H3/p+1/b23-22-. The van der Waals surface area contributed by atoms with Gasteiger partial charge in [-0.15, -0.1) is 0 Å². The van der Waals surface area contributed by atoms with Crippen LogP contribution < -0.4 is 0 Å². The molecule has 0 aliphatic rings. The van der Waals surface area contributed by atoms with Crippen molar-refractivity contribution in [2.75, 3.05) is 47.5 Å². The number of esters is 2. The van der Waals surface area contributed by atoms with E-state index < -0.39 is 18.4 Å². The largest absolute Gasteiger partial charge is 0.477 e. The van der Waals surface area contributed by atoms with E-state index in [1.807, 2.05) is 21.1 Å². The highest BCUT2D eigenvalue weighted by Crippen LogP contribution is 2.17. The summed E-state index contributed by atoms with van der Waals surface area (Å²) in [6, 6.07) is 0. The summed E-state index contributed by atoms with van der Waals surface area (Å²) >= 11 is 0. The third-order valence-corrected chi connectivity index (χ3v) is 13.3. The van der Waals surface area contributed by atoms with Crippen LogP contribution in [0.3, 0.4) is 0 Å². The molecule has 0 bridgehead atoms. The number of hydrogen-bond acceptors (Lipinski definition) is 7. The Morgan fingerprint density at radius 2 is 0.750 bits per heavy atom. The molecule has 0 heterocycles. The van der Waals surface area contributed by atoms with E-state index in [2.05, 4.69) is 26.0 Å². The second-order valence-corrected chi connectivity index (χ2v) is 21.3. The Bertz CT molecular complexity index is 1120. The smallest absolute Gasteiger partial charge is 0.361 e. The molecule has 0 rings (SSSR count). The summed E-state index contributed by atoms with van der Waals surface area (Å²) in [5.41, 5.74) is 0. The summed E-state index contributed by atoms with van der Waals surface area (Å²) in [7, 11) is 5.98. The molecule has 0 fully saturated rings. The molecule has 2 unspecified atom stereocenters. The second-order valence-electron chi connectivity index (χ2n) is 21.3. The number of allylic oxidation sites excluding steroid dienone is 2. The molecule has 0 radical (unpaired) electrons. The van der Waals surface area contributed by atoms with Gasteiger partial charge < -0.3 is 28.5 Å². The van der Waals surface area contributed by atoms with Crippen molar-refractivity contribution in [3.05, 3.63) is 12.2 Å². The van der Waals surface area contributed by atoms with Crippen molar-refractivity contribution in [2.24, 2.45) is 0 Å². The zero-order valence-corrected chi connectivity index (χ0v) is 45.8. The van der Waals surface area contributed by atoms with Crippen molar-refractivity contribution in [3.8, 4) is 0 Å². The molecule has 0 aromatic carbocycles. The number of unbranched alkanes of at least 4 members (excludes halogenated alkanes) is 38. The van der Waals surface area contributed by atoms with Crippen molar-refractivity contribution < 1.29 is 42.9 Å². The van der Waals surface area contributed by atoms with Gasteiger partial charge in [-0.3, -0.25) is 9.59 Å². The lowest BCUT2D eigenvalue weighted by Crippen LogP contribution is -2.40. The van der Waals surface area contributed by atoms with Crippen LogP contribution in [0, 0.1) is 0 Å². The zero-order valence-electron chi connectivity index (χ0n) is 45.8. The Balaban J connectivity index is 4.04. The van der Waals surface area contributed by atoms with Gasteiger partial charge in [0.05, 0.1) is 34.4 Å². The van der Waals surface area contributed by atoms with Gasteiger partial charge in [0.15, 0.2) is 6.10 Å². The van der Waals surface area contributed by atoms with E-state index >= 15 is 0 Å². The molecule has 0 spiro atoms. The molecule has 0 saturated carbocycles. The average Bonchev–Trinajstić information content (AvgIpc) is 3.30. The summed E-state index contributed by atoms with van der Waals surface area (Å²) in [6.45, 7) is 4.92. The predicted molar refractivity (Wildman–Crippen MR) is 286 cm³/mol. The minimum Gasteiger partial charge on any atom is -0.477 e. The topological polar surface area (TPSA) is 108 Å². The van der Waals surface area contributed by atoms with Gasteiger partial charge in [0.1, 0.15) is 13.2 Å². The zero-order chi connectivity index (χ0) is 49.9. The van der Waals surface area contributed by atoms with Crippen LogP contribution in [0.2, 0.25) is 0 Å². The lowest BCUT2D eigenvalue weighted by atomic mass is 10.0. The molecule has 0 aromatic heterocycles. The fourth-order valence-corrected chi connectivity index (χ4v) is 8.72. The molecular weight excluding hydrogens is 851 g/mol. The van der Waals surface area contributed by atoms with Crippen LogP contribution in [0.15, 0.2) is 12.2 Å². The highest BCUT2D eigenvalue weighted by Gasteiger charge is 2.25. The van der Waals surface area contributed by atoms with Gasteiger partial charge in [-0.2, -0.15) is 0 Å². The number of nitrogens with zero attached hydrogens (tertiary/aromatic N) is 1. The lowest BCUT2D eigenvalue weighted by Gasteiger charge is -2.25. The van der Waals surface area contributed by atoms with Crippen molar-refractivity contribution in [1.29, 1.82) is 0 Å². The Labute approximate surface area is 421 Å². The minimum absolute atomic E-state index is 0.174. The molecule has 9 nitrogen and oxygen atoms in total. The van der Waals surface area contributed by atoms with Crippen LogP contribution in [0.4, 0.5) is 0 Å². The minimum atomic E-state index is -1.50. The van der Waals surface area contributed by atoms with E-state index in [0.29, 0.717) is 17.4 Å². The normalized spacial score (nSPS) is 12.8. The van der Waals surface area contributed by atoms with Crippen LogP contribution >= 0.6 is 0 Å². The van der Waals surface area contributed by atoms with E-state index in [1.54, 1.807) is 0 Å². The molecule has 1 N–H and O–H groups in total. The molecular formula is C59H114NO8+. The van der Waals surface area contributed by atoms with Crippen molar-refractivity contribution in [1.82, 2.24) is 0 Å². The monoisotopic (exact) mass is 965 g/mol. The maximum Gasteiger partial charge on any atom is 0.361 e. The molecule has 0 aliphatic carbocycles. The number of ether oxygens (including phenoxy) is 4. The van der Waals surface area contributed by atoms with Crippen LogP contribution in [0.25, 0.3) is 0 Å². The number of aliphatic carboxylic acids is 1. The number of hydrogen-bond donors (Lipinski definition) is 1. The van der Waals surface area contributed by atoms with E-state index in [0.717, 1.165) is 38.5 Å². The third kappa shape index (κ3) is 51.9. The maximum absolute atomic E-state index is 12.8. The molecule has 0 amide bonds. The Hall–Kier alpha value is -1.97. The maximum atomic E-state index is 12.8. The summed E-state index contributed by atoms with van der Waals surface area (Å²) in [6.07, 6.45) is 55.9. The number of carboxylic acid groups (broad SMARTS) is 1. The third-order valence-electron chi connectivity index (χ3n) is 13.3. The Morgan fingerprint density at radius 3 is 1.09 bits per heavy atom. The van der Waals surface area contributed by atoms with Gasteiger partial charge in [-0.1, -0.05) is 251 Å². The lowest BCUT2D eigenvalue weighted by molar-refractivity contribution is -0.870. The van der Waals surface area contributed by atoms with E-state index in [9.17, 15) is 19.5 Å². The number of likely N-dealkylation sites (N-methyl/N-ethyl adjacent to an activating group) is 1. The summed E-state index contributed by atoms with van der Waals surface area (Å²) in [4.78, 5) is 37.3. The van der Waals surface area contributed by atoms with Gasteiger partial charge in [0.25, 0.3) is 6.29 Å². The van der Waals surface area contributed by atoms with Crippen molar-refractivity contribution in [3.63, 3.8) is 0 Å². The van der Waals surface area contributed by atoms with Crippen LogP contribution in [0.1, 0.15) is 290 Å². The van der Waals surface area contributed by atoms with E-state index in [4.69, 9.17) is 18.9 Å². The highest BCUT2D eigenvalue weighted by atomic mass is 16.7.